The van der Waals surface area contributed by atoms with E-state index >= 15 is 0 Å². The maximum Gasteiger partial charge on any atom is 0.270 e. The maximum atomic E-state index is 11.9. The fourth-order valence-corrected chi connectivity index (χ4v) is 1.54. The molecule has 2 N–H and O–H groups in total. The van der Waals surface area contributed by atoms with Crippen LogP contribution < -0.4 is 10.6 Å². The molecule has 90 valence electrons. The Kier molecular flexibility index (Phi) is 2.95. The van der Waals surface area contributed by atoms with E-state index in [4.69, 9.17) is 0 Å². The van der Waals surface area contributed by atoms with Crippen molar-refractivity contribution < 1.29 is 9.72 Å². The van der Waals surface area contributed by atoms with Crippen molar-refractivity contribution in [2.24, 2.45) is 0 Å². The van der Waals surface area contributed by atoms with Gasteiger partial charge in [-0.2, -0.15) is 0 Å². The van der Waals surface area contributed by atoms with Gasteiger partial charge in [-0.15, -0.1) is 0 Å². The minimum Gasteiger partial charge on any atom is -0.387 e. The first-order valence-corrected chi connectivity index (χ1v) is 5.39. The molecular weight excluding hydrogens is 222 g/mol. The Labute approximate surface area is 98.2 Å². The van der Waals surface area contributed by atoms with E-state index in [2.05, 4.69) is 10.6 Å². The molecule has 0 aromatic heterocycles. The molecule has 1 aromatic carbocycles. The topological polar surface area (TPSA) is 84.3 Å². The van der Waals surface area contributed by atoms with E-state index in [1.165, 1.54) is 12.1 Å². The third kappa shape index (κ3) is 2.52. The minimum atomic E-state index is -0.507. The van der Waals surface area contributed by atoms with Crippen LogP contribution in [0.15, 0.2) is 18.2 Å². The number of nitro groups is 1. The zero-order valence-electron chi connectivity index (χ0n) is 9.40. The van der Waals surface area contributed by atoms with Crippen LogP contribution in [-0.2, 0) is 0 Å². The summed E-state index contributed by atoms with van der Waals surface area (Å²) in [7, 11) is 1.68. The van der Waals surface area contributed by atoms with E-state index in [0.29, 0.717) is 11.3 Å². The molecule has 1 aliphatic carbocycles. The molecule has 1 aromatic rings. The predicted molar refractivity (Wildman–Crippen MR) is 63.1 cm³/mol. The Morgan fingerprint density at radius 2 is 2.18 bits per heavy atom. The van der Waals surface area contributed by atoms with E-state index in [1.54, 1.807) is 13.1 Å². The van der Waals surface area contributed by atoms with Gasteiger partial charge in [0.2, 0.25) is 0 Å². The first kappa shape index (κ1) is 11.4. The highest BCUT2D eigenvalue weighted by Crippen LogP contribution is 2.24. The van der Waals surface area contributed by atoms with Gasteiger partial charge in [-0.05, 0) is 18.9 Å². The highest BCUT2D eigenvalue weighted by Gasteiger charge is 2.25. The molecule has 0 unspecified atom stereocenters. The Hall–Kier alpha value is -2.11. The minimum absolute atomic E-state index is 0.0788. The molecule has 0 bridgehead atoms. The second-order valence-corrected chi connectivity index (χ2v) is 3.98. The summed E-state index contributed by atoms with van der Waals surface area (Å²) in [5.74, 6) is -0.263. The third-order valence-electron chi connectivity index (χ3n) is 2.64. The average Bonchev–Trinajstić information content (AvgIpc) is 3.11. The summed E-state index contributed by atoms with van der Waals surface area (Å²) in [5.41, 5.74) is 0.826. The van der Waals surface area contributed by atoms with Crippen LogP contribution in [0.2, 0.25) is 0 Å². The number of amides is 1. The van der Waals surface area contributed by atoms with Gasteiger partial charge in [0.25, 0.3) is 11.6 Å². The largest absolute Gasteiger partial charge is 0.387 e. The van der Waals surface area contributed by atoms with Gasteiger partial charge in [-0.1, -0.05) is 0 Å². The number of nitrogens with zero attached hydrogens (tertiary/aromatic N) is 1. The van der Waals surface area contributed by atoms with Crippen molar-refractivity contribution in [2.45, 2.75) is 18.9 Å². The number of rotatable bonds is 4. The summed E-state index contributed by atoms with van der Waals surface area (Å²) in [6.45, 7) is 0. The SMILES string of the molecule is CNc1ccc([N+](=O)[O-])cc1C(=O)NC1CC1. The van der Waals surface area contributed by atoms with Gasteiger partial charge in [0, 0.05) is 30.9 Å². The fourth-order valence-electron chi connectivity index (χ4n) is 1.54. The molecule has 6 nitrogen and oxygen atoms in total. The van der Waals surface area contributed by atoms with Crippen molar-refractivity contribution in [1.82, 2.24) is 5.32 Å². The number of nitrogens with one attached hydrogen (secondary N) is 2. The standard InChI is InChI=1S/C11H13N3O3/c1-12-10-5-4-8(14(16)17)6-9(10)11(15)13-7-2-3-7/h4-7,12H,2-3H2,1H3,(H,13,15). The Bertz CT molecular complexity index is 469. The highest BCUT2D eigenvalue weighted by molar-refractivity contribution is 6.00. The van der Waals surface area contributed by atoms with Crippen LogP contribution in [0.5, 0.6) is 0 Å². The maximum absolute atomic E-state index is 11.9. The molecule has 0 heterocycles. The van der Waals surface area contributed by atoms with E-state index in [1.807, 2.05) is 0 Å². The first-order chi connectivity index (χ1) is 8.11. The quantitative estimate of drug-likeness (QED) is 0.612. The van der Waals surface area contributed by atoms with Crippen LogP contribution in [0, 0.1) is 10.1 Å². The van der Waals surface area contributed by atoms with E-state index in [0.717, 1.165) is 12.8 Å². The summed E-state index contributed by atoms with van der Waals surface area (Å²) in [5, 5.41) is 16.3. The van der Waals surface area contributed by atoms with Crippen LogP contribution >= 0.6 is 0 Å². The molecule has 0 atom stereocenters. The number of hydrogen-bond acceptors (Lipinski definition) is 4. The molecule has 2 rings (SSSR count). The van der Waals surface area contributed by atoms with E-state index in [9.17, 15) is 14.9 Å². The van der Waals surface area contributed by atoms with Crippen molar-refractivity contribution >= 4 is 17.3 Å². The lowest BCUT2D eigenvalue weighted by Crippen LogP contribution is -2.26. The Morgan fingerprint density at radius 1 is 1.47 bits per heavy atom. The zero-order chi connectivity index (χ0) is 12.4. The molecular formula is C11H13N3O3. The summed E-state index contributed by atoms with van der Waals surface area (Å²) >= 11 is 0. The fraction of sp³-hybridized carbons (Fsp3) is 0.364. The van der Waals surface area contributed by atoms with Gasteiger partial charge in [0.05, 0.1) is 10.5 Å². The zero-order valence-corrected chi connectivity index (χ0v) is 9.40. The Balaban J connectivity index is 2.30. The molecule has 1 saturated carbocycles. The first-order valence-electron chi connectivity index (χ1n) is 5.39. The van der Waals surface area contributed by atoms with Gasteiger partial charge in [-0.3, -0.25) is 14.9 Å². The van der Waals surface area contributed by atoms with Gasteiger partial charge in [0.15, 0.2) is 0 Å². The lowest BCUT2D eigenvalue weighted by Gasteiger charge is -2.08. The lowest BCUT2D eigenvalue weighted by molar-refractivity contribution is -0.384. The van der Waals surface area contributed by atoms with Crippen LogP contribution in [-0.4, -0.2) is 23.9 Å². The smallest absolute Gasteiger partial charge is 0.270 e. The van der Waals surface area contributed by atoms with Crippen molar-refractivity contribution in [3.05, 3.63) is 33.9 Å². The van der Waals surface area contributed by atoms with Gasteiger partial charge < -0.3 is 10.6 Å². The summed E-state index contributed by atoms with van der Waals surface area (Å²) in [6.07, 6.45) is 1.96. The number of anilines is 1. The summed E-state index contributed by atoms with van der Waals surface area (Å²) in [6, 6.07) is 4.44. The lowest BCUT2D eigenvalue weighted by atomic mass is 10.1. The molecule has 0 aliphatic heterocycles. The van der Waals surface area contributed by atoms with Crippen LogP contribution in [0.4, 0.5) is 11.4 Å². The normalized spacial score (nSPS) is 14.2. The molecule has 1 amide bonds. The molecule has 1 aliphatic rings. The van der Waals surface area contributed by atoms with Crippen molar-refractivity contribution in [1.29, 1.82) is 0 Å². The number of hydrogen-bond donors (Lipinski definition) is 2. The Morgan fingerprint density at radius 3 is 2.71 bits per heavy atom. The number of carbonyl (C=O) groups excluding carboxylic acids is 1. The molecule has 17 heavy (non-hydrogen) atoms. The van der Waals surface area contributed by atoms with Crippen LogP contribution in [0.1, 0.15) is 23.2 Å². The second-order valence-electron chi connectivity index (χ2n) is 3.98. The van der Waals surface area contributed by atoms with E-state index < -0.39 is 4.92 Å². The summed E-state index contributed by atoms with van der Waals surface area (Å²) < 4.78 is 0. The van der Waals surface area contributed by atoms with Crippen molar-refractivity contribution in [3.8, 4) is 0 Å². The van der Waals surface area contributed by atoms with E-state index in [-0.39, 0.29) is 17.6 Å². The third-order valence-corrected chi connectivity index (χ3v) is 2.64. The molecule has 6 heteroatoms. The molecule has 0 saturated heterocycles. The average molecular weight is 235 g/mol. The predicted octanol–water partition coefficient (Wildman–Crippen LogP) is 1.53. The number of benzene rings is 1. The molecule has 0 radical (unpaired) electrons. The summed E-state index contributed by atoms with van der Waals surface area (Å²) in [4.78, 5) is 22.0. The molecule has 0 spiro atoms. The number of non-ortho nitro benzene ring substituents is 1. The van der Waals surface area contributed by atoms with Gasteiger partial charge in [-0.25, -0.2) is 0 Å². The van der Waals surface area contributed by atoms with Gasteiger partial charge >= 0.3 is 0 Å². The second kappa shape index (κ2) is 4.40. The van der Waals surface area contributed by atoms with Crippen LogP contribution in [0.3, 0.4) is 0 Å². The van der Waals surface area contributed by atoms with Gasteiger partial charge in [0.1, 0.15) is 0 Å². The monoisotopic (exact) mass is 235 g/mol. The van der Waals surface area contributed by atoms with Crippen molar-refractivity contribution in [3.63, 3.8) is 0 Å². The molecule has 1 fully saturated rings. The van der Waals surface area contributed by atoms with Crippen LogP contribution in [0.25, 0.3) is 0 Å². The number of carbonyl (C=O) groups is 1. The van der Waals surface area contributed by atoms with Crippen molar-refractivity contribution in [2.75, 3.05) is 12.4 Å². The highest BCUT2D eigenvalue weighted by atomic mass is 16.6. The number of nitro benzene ring substituents is 1.